The third-order valence-electron chi connectivity index (χ3n) is 3.58. The lowest BCUT2D eigenvalue weighted by Gasteiger charge is -2.09. The van der Waals surface area contributed by atoms with Crippen LogP contribution in [0.25, 0.3) is 6.08 Å². The lowest BCUT2D eigenvalue weighted by Crippen LogP contribution is -1.98. The number of hydrogen-bond acceptors (Lipinski definition) is 4. The Morgan fingerprint density at radius 1 is 1.04 bits per heavy atom. The van der Waals surface area contributed by atoms with Crippen LogP contribution in [0.3, 0.4) is 0 Å². The molecule has 0 aliphatic heterocycles. The van der Waals surface area contributed by atoms with Gasteiger partial charge in [0.05, 0.1) is 14.2 Å². The molecule has 4 nitrogen and oxygen atoms in total. The summed E-state index contributed by atoms with van der Waals surface area (Å²) in [6.07, 6.45) is 3.18. The molecule has 2 rings (SSSR count). The number of rotatable bonds is 5. The zero-order valence-electron chi connectivity index (χ0n) is 13.7. The number of methoxy groups -OCH3 is 2. The molecule has 0 aliphatic carbocycles. The molecule has 0 bridgehead atoms. The summed E-state index contributed by atoms with van der Waals surface area (Å²) in [6, 6.07) is 9.01. The Hall–Kier alpha value is -2.75. The first-order valence-electron chi connectivity index (χ1n) is 7.21. The first-order valence-corrected chi connectivity index (χ1v) is 7.21. The summed E-state index contributed by atoms with van der Waals surface area (Å²) in [5.41, 5.74) is 3.44. The van der Waals surface area contributed by atoms with E-state index in [1.54, 1.807) is 18.2 Å². The van der Waals surface area contributed by atoms with Gasteiger partial charge in [0.2, 0.25) is 5.75 Å². The van der Waals surface area contributed by atoms with Crippen LogP contribution < -0.4 is 9.47 Å². The van der Waals surface area contributed by atoms with Crippen LogP contribution in [0, 0.1) is 13.8 Å². The van der Waals surface area contributed by atoms with Gasteiger partial charge in [0, 0.05) is 5.56 Å². The topological polar surface area (TPSA) is 55.8 Å². The lowest BCUT2D eigenvalue weighted by molar-refractivity contribution is 0.104. The molecule has 1 N–H and O–H groups in total. The van der Waals surface area contributed by atoms with Gasteiger partial charge in [-0.2, -0.15) is 0 Å². The average molecular weight is 312 g/mol. The van der Waals surface area contributed by atoms with Gasteiger partial charge in [0.25, 0.3) is 0 Å². The number of ether oxygens (including phenoxy) is 2. The molecule has 0 aliphatic rings. The molecule has 0 aromatic heterocycles. The highest BCUT2D eigenvalue weighted by Crippen LogP contribution is 2.37. The summed E-state index contributed by atoms with van der Waals surface area (Å²) in [7, 11) is 2.92. The van der Waals surface area contributed by atoms with Crippen LogP contribution in [-0.2, 0) is 0 Å². The van der Waals surface area contributed by atoms with Crippen molar-refractivity contribution in [3.05, 3.63) is 58.7 Å². The molecule has 2 aromatic rings. The second kappa shape index (κ2) is 7.01. The molecule has 0 saturated carbocycles. The Bertz CT molecular complexity index is 735. The standard InChI is InChI=1S/C19H20O4/c1-12-5-7-15(13(2)9-12)16(20)8-6-14-10-17(22-3)19(21)18(11-14)23-4/h5-11,21H,1-4H3/b8-6+. The van der Waals surface area contributed by atoms with Crippen molar-refractivity contribution in [1.29, 1.82) is 0 Å². The Morgan fingerprint density at radius 2 is 1.65 bits per heavy atom. The molecule has 0 amide bonds. The van der Waals surface area contributed by atoms with Crippen molar-refractivity contribution in [2.75, 3.05) is 14.2 Å². The van der Waals surface area contributed by atoms with Gasteiger partial charge in [-0.1, -0.05) is 29.8 Å². The number of carbonyl (C=O) groups excluding carboxylic acids is 1. The van der Waals surface area contributed by atoms with Crippen molar-refractivity contribution in [3.63, 3.8) is 0 Å². The van der Waals surface area contributed by atoms with E-state index >= 15 is 0 Å². The van der Waals surface area contributed by atoms with E-state index in [1.807, 2.05) is 32.0 Å². The van der Waals surface area contributed by atoms with Crippen molar-refractivity contribution in [2.24, 2.45) is 0 Å². The zero-order valence-corrected chi connectivity index (χ0v) is 13.7. The largest absolute Gasteiger partial charge is 0.502 e. The van der Waals surface area contributed by atoms with Crippen molar-refractivity contribution >= 4 is 11.9 Å². The van der Waals surface area contributed by atoms with Gasteiger partial charge in [0.1, 0.15) is 0 Å². The smallest absolute Gasteiger partial charge is 0.200 e. The average Bonchev–Trinajstić information content (AvgIpc) is 2.53. The van der Waals surface area contributed by atoms with Gasteiger partial charge < -0.3 is 14.6 Å². The van der Waals surface area contributed by atoms with E-state index in [4.69, 9.17) is 9.47 Å². The lowest BCUT2D eigenvalue weighted by atomic mass is 10.0. The van der Waals surface area contributed by atoms with Gasteiger partial charge in [0.15, 0.2) is 17.3 Å². The summed E-state index contributed by atoms with van der Waals surface area (Å²) in [5.74, 6) is 0.451. The maximum absolute atomic E-state index is 12.3. The minimum atomic E-state index is -0.0755. The van der Waals surface area contributed by atoms with E-state index in [-0.39, 0.29) is 11.5 Å². The Morgan fingerprint density at radius 3 is 2.17 bits per heavy atom. The molecular formula is C19H20O4. The maximum atomic E-state index is 12.3. The van der Waals surface area contributed by atoms with Gasteiger partial charge >= 0.3 is 0 Å². The zero-order chi connectivity index (χ0) is 17.0. The molecule has 0 atom stereocenters. The number of ketones is 1. The third kappa shape index (κ3) is 3.72. The predicted molar refractivity (Wildman–Crippen MR) is 90.5 cm³/mol. The van der Waals surface area contributed by atoms with Crippen LogP contribution in [0.15, 0.2) is 36.4 Å². The Balaban J connectivity index is 2.30. The van der Waals surface area contributed by atoms with Crippen molar-refractivity contribution in [1.82, 2.24) is 0 Å². The summed E-state index contributed by atoms with van der Waals surface area (Å²) in [5, 5.41) is 9.89. The molecule has 23 heavy (non-hydrogen) atoms. The molecule has 0 saturated heterocycles. The minimum Gasteiger partial charge on any atom is -0.502 e. The Kier molecular flexibility index (Phi) is 5.06. The van der Waals surface area contributed by atoms with E-state index in [2.05, 4.69) is 0 Å². The quantitative estimate of drug-likeness (QED) is 0.671. The second-order valence-electron chi connectivity index (χ2n) is 5.29. The van der Waals surface area contributed by atoms with Crippen LogP contribution in [0.5, 0.6) is 17.2 Å². The molecule has 2 aromatic carbocycles. The molecular weight excluding hydrogens is 292 g/mol. The normalized spacial score (nSPS) is 10.8. The van der Waals surface area contributed by atoms with E-state index in [0.717, 1.165) is 11.1 Å². The highest BCUT2D eigenvalue weighted by atomic mass is 16.5. The summed E-state index contributed by atoms with van der Waals surface area (Å²) < 4.78 is 10.2. The third-order valence-corrected chi connectivity index (χ3v) is 3.58. The molecule has 120 valence electrons. The molecule has 4 heteroatoms. The summed E-state index contributed by atoms with van der Waals surface area (Å²) in [6.45, 7) is 3.91. The molecule has 0 spiro atoms. The fourth-order valence-electron chi connectivity index (χ4n) is 2.36. The fraction of sp³-hybridized carbons (Fsp3) is 0.211. The Labute approximate surface area is 136 Å². The van der Waals surface area contributed by atoms with Crippen molar-refractivity contribution in [3.8, 4) is 17.2 Å². The second-order valence-corrected chi connectivity index (χ2v) is 5.29. The number of allylic oxidation sites excluding steroid dienone is 1. The maximum Gasteiger partial charge on any atom is 0.200 e. The highest BCUT2D eigenvalue weighted by Gasteiger charge is 2.11. The summed E-state index contributed by atoms with van der Waals surface area (Å²) >= 11 is 0. The summed E-state index contributed by atoms with van der Waals surface area (Å²) in [4.78, 5) is 12.3. The predicted octanol–water partition coefficient (Wildman–Crippen LogP) is 3.92. The van der Waals surface area contributed by atoms with Crippen LogP contribution in [0.4, 0.5) is 0 Å². The highest BCUT2D eigenvalue weighted by molar-refractivity contribution is 6.07. The number of phenols is 1. The number of aryl methyl sites for hydroxylation is 2. The number of phenolic OH excluding ortho intramolecular Hbond substituents is 1. The van der Waals surface area contributed by atoms with Gasteiger partial charge in [-0.05, 0) is 43.2 Å². The number of carbonyl (C=O) groups is 1. The first kappa shape index (κ1) is 16.6. The van der Waals surface area contributed by atoms with Crippen LogP contribution in [0.1, 0.15) is 27.0 Å². The molecule has 0 radical (unpaired) electrons. The van der Waals surface area contributed by atoms with Gasteiger partial charge in [-0.3, -0.25) is 4.79 Å². The molecule has 0 heterocycles. The van der Waals surface area contributed by atoms with Gasteiger partial charge in [-0.15, -0.1) is 0 Å². The monoisotopic (exact) mass is 312 g/mol. The van der Waals surface area contributed by atoms with Crippen molar-refractivity contribution in [2.45, 2.75) is 13.8 Å². The minimum absolute atomic E-state index is 0.0622. The van der Waals surface area contributed by atoms with E-state index in [1.165, 1.54) is 20.3 Å². The van der Waals surface area contributed by atoms with E-state index < -0.39 is 0 Å². The number of benzene rings is 2. The molecule has 0 fully saturated rings. The van der Waals surface area contributed by atoms with Gasteiger partial charge in [-0.25, -0.2) is 0 Å². The first-order chi connectivity index (χ1) is 11.0. The van der Waals surface area contributed by atoms with Crippen LogP contribution in [-0.4, -0.2) is 25.1 Å². The number of aromatic hydroxyl groups is 1. The van der Waals surface area contributed by atoms with Crippen LogP contribution >= 0.6 is 0 Å². The van der Waals surface area contributed by atoms with E-state index in [0.29, 0.717) is 22.6 Å². The fourth-order valence-corrected chi connectivity index (χ4v) is 2.36. The van der Waals surface area contributed by atoms with E-state index in [9.17, 15) is 9.90 Å². The van der Waals surface area contributed by atoms with Crippen molar-refractivity contribution < 1.29 is 19.4 Å². The molecule has 0 unspecified atom stereocenters. The SMILES string of the molecule is COc1cc(/C=C/C(=O)c2ccc(C)cc2C)cc(OC)c1O. The van der Waals surface area contributed by atoms with Crippen LogP contribution in [0.2, 0.25) is 0 Å². The number of hydrogen-bond donors (Lipinski definition) is 1.